The number of anilines is 1. The first-order valence-electron chi connectivity index (χ1n) is 8.49. The zero-order valence-corrected chi connectivity index (χ0v) is 16.0. The predicted octanol–water partition coefficient (Wildman–Crippen LogP) is 2.42. The molecule has 2 aromatic carbocycles. The Hall–Kier alpha value is -3.65. The molecule has 148 valence electrons. The number of carbonyl (C=O) groups is 4. The lowest BCUT2D eigenvalue weighted by Gasteiger charge is -2.15. The molecule has 1 aliphatic heterocycles. The highest BCUT2D eigenvalue weighted by Crippen LogP contribution is 2.26. The van der Waals surface area contributed by atoms with E-state index in [1.165, 1.54) is 18.2 Å². The van der Waals surface area contributed by atoms with Gasteiger partial charge >= 0.3 is 6.03 Å². The number of imide groups is 2. The molecule has 9 heteroatoms. The fourth-order valence-corrected chi connectivity index (χ4v) is 2.77. The summed E-state index contributed by atoms with van der Waals surface area (Å²) in [5.74, 6) is -1.84. The first kappa shape index (κ1) is 20.1. The van der Waals surface area contributed by atoms with Crippen molar-refractivity contribution in [1.29, 1.82) is 0 Å². The lowest BCUT2D eigenvalue weighted by Crippen LogP contribution is -2.51. The number of hydrogen-bond donors (Lipinski definition) is 3. The van der Waals surface area contributed by atoms with Gasteiger partial charge in [-0.25, -0.2) is 4.79 Å². The minimum Gasteiger partial charge on any atom is -0.483 e. The first-order chi connectivity index (χ1) is 13.8. The Morgan fingerprint density at radius 3 is 2.52 bits per heavy atom. The molecule has 29 heavy (non-hydrogen) atoms. The highest BCUT2D eigenvalue weighted by Gasteiger charge is 2.28. The minimum absolute atomic E-state index is 0.235. The number of rotatable bonds is 5. The molecule has 0 atom stereocenters. The summed E-state index contributed by atoms with van der Waals surface area (Å²) in [6, 6.07) is 10.9. The van der Waals surface area contributed by atoms with Crippen LogP contribution in [-0.2, 0) is 14.4 Å². The number of halogens is 1. The van der Waals surface area contributed by atoms with Crippen LogP contribution in [0.15, 0.2) is 48.0 Å². The molecule has 8 nitrogen and oxygen atoms in total. The second-order valence-electron chi connectivity index (χ2n) is 6.18. The Balaban J connectivity index is 1.76. The van der Waals surface area contributed by atoms with E-state index >= 15 is 0 Å². The molecule has 0 spiro atoms. The summed E-state index contributed by atoms with van der Waals surface area (Å²) in [6.07, 6.45) is 1.23. The monoisotopic (exact) mass is 413 g/mol. The van der Waals surface area contributed by atoms with Gasteiger partial charge in [0, 0.05) is 16.3 Å². The molecule has 5 amide bonds. The van der Waals surface area contributed by atoms with Crippen molar-refractivity contribution in [2.45, 2.75) is 6.92 Å². The largest absolute Gasteiger partial charge is 0.483 e. The molecule has 3 rings (SSSR count). The van der Waals surface area contributed by atoms with E-state index in [4.69, 9.17) is 16.3 Å². The van der Waals surface area contributed by atoms with Gasteiger partial charge in [0.05, 0.1) is 0 Å². The van der Waals surface area contributed by atoms with Crippen LogP contribution in [0.3, 0.4) is 0 Å². The molecule has 1 aliphatic rings. The van der Waals surface area contributed by atoms with Gasteiger partial charge in [-0.15, -0.1) is 0 Å². The number of carbonyl (C=O) groups excluding carboxylic acids is 4. The molecule has 0 saturated carbocycles. The second-order valence-corrected chi connectivity index (χ2v) is 6.62. The van der Waals surface area contributed by atoms with Crippen LogP contribution in [0.5, 0.6) is 5.75 Å². The lowest BCUT2D eigenvalue weighted by atomic mass is 10.1. The number of amides is 5. The van der Waals surface area contributed by atoms with Gasteiger partial charge in [0.15, 0.2) is 6.61 Å². The minimum atomic E-state index is -0.896. The molecule has 0 unspecified atom stereocenters. The Morgan fingerprint density at radius 1 is 1.10 bits per heavy atom. The van der Waals surface area contributed by atoms with Gasteiger partial charge in [-0.2, -0.15) is 0 Å². The maximum Gasteiger partial charge on any atom is 0.328 e. The molecule has 0 aromatic heterocycles. The van der Waals surface area contributed by atoms with Gasteiger partial charge in [0.2, 0.25) is 0 Å². The third kappa shape index (κ3) is 5.20. The van der Waals surface area contributed by atoms with Crippen molar-refractivity contribution in [2.75, 3.05) is 11.9 Å². The molecular weight excluding hydrogens is 398 g/mol. The van der Waals surface area contributed by atoms with Crippen LogP contribution in [0.2, 0.25) is 5.02 Å². The van der Waals surface area contributed by atoms with Crippen molar-refractivity contribution in [1.82, 2.24) is 10.6 Å². The highest BCUT2D eigenvalue weighted by atomic mass is 35.5. The third-order valence-corrected chi connectivity index (χ3v) is 4.11. The zero-order chi connectivity index (χ0) is 21.0. The average molecular weight is 414 g/mol. The molecule has 1 saturated heterocycles. The summed E-state index contributed by atoms with van der Waals surface area (Å²) in [5, 5.41) is 7.01. The lowest BCUT2D eigenvalue weighted by molar-refractivity contribution is -0.124. The normalized spacial score (nSPS) is 13.4. The number of benzene rings is 2. The molecule has 1 heterocycles. The van der Waals surface area contributed by atoms with Gasteiger partial charge in [-0.1, -0.05) is 23.7 Å². The SMILES string of the molecule is Cc1cccc(NC(=O)COc2ccc(Cl)cc2C=C2C(=O)NC(=O)NC2=O)c1. The van der Waals surface area contributed by atoms with Crippen molar-refractivity contribution in [3.05, 3.63) is 64.2 Å². The van der Waals surface area contributed by atoms with Gasteiger partial charge < -0.3 is 10.1 Å². The number of ether oxygens (including phenoxy) is 1. The maximum absolute atomic E-state index is 12.2. The van der Waals surface area contributed by atoms with Crippen molar-refractivity contribution in [3.8, 4) is 5.75 Å². The molecule has 2 aromatic rings. The Bertz CT molecular complexity index is 1030. The van der Waals surface area contributed by atoms with Crippen LogP contribution in [0.1, 0.15) is 11.1 Å². The summed E-state index contributed by atoms with van der Waals surface area (Å²) >= 11 is 6.00. The van der Waals surface area contributed by atoms with Gasteiger partial charge in [0.1, 0.15) is 11.3 Å². The molecule has 0 radical (unpaired) electrons. The van der Waals surface area contributed by atoms with Gasteiger partial charge in [-0.05, 0) is 48.9 Å². The summed E-state index contributed by atoms with van der Waals surface area (Å²) in [4.78, 5) is 47.2. The van der Waals surface area contributed by atoms with E-state index < -0.39 is 17.8 Å². The van der Waals surface area contributed by atoms with Crippen LogP contribution in [0.4, 0.5) is 10.5 Å². The number of barbiturate groups is 1. The molecule has 1 fully saturated rings. The van der Waals surface area contributed by atoms with E-state index in [1.54, 1.807) is 12.1 Å². The van der Waals surface area contributed by atoms with E-state index in [0.717, 1.165) is 5.56 Å². The van der Waals surface area contributed by atoms with E-state index in [2.05, 4.69) is 5.32 Å². The molecule has 0 bridgehead atoms. The predicted molar refractivity (Wildman–Crippen MR) is 106 cm³/mol. The van der Waals surface area contributed by atoms with Crippen molar-refractivity contribution < 1.29 is 23.9 Å². The highest BCUT2D eigenvalue weighted by molar-refractivity contribution is 6.32. The van der Waals surface area contributed by atoms with E-state index in [9.17, 15) is 19.2 Å². The molecule has 3 N–H and O–H groups in total. The van der Waals surface area contributed by atoms with Gasteiger partial charge in [-0.3, -0.25) is 25.0 Å². The second kappa shape index (κ2) is 8.57. The van der Waals surface area contributed by atoms with E-state index in [0.29, 0.717) is 16.3 Å². The van der Waals surface area contributed by atoms with Crippen LogP contribution in [0, 0.1) is 6.92 Å². The number of hydrogen-bond acceptors (Lipinski definition) is 5. The first-order valence-corrected chi connectivity index (χ1v) is 8.87. The fraction of sp³-hybridized carbons (Fsp3) is 0.100. The van der Waals surface area contributed by atoms with E-state index in [1.807, 2.05) is 35.8 Å². The van der Waals surface area contributed by atoms with Crippen LogP contribution in [0.25, 0.3) is 6.08 Å². The van der Waals surface area contributed by atoms with Crippen molar-refractivity contribution in [3.63, 3.8) is 0 Å². The zero-order valence-electron chi connectivity index (χ0n) is 15.2. The Morgan fingerprint density at radius 2 is 1.83 bits per heavy atom. The average Bonchev–Trinajstić information content (AvgIpc) is 2.64. The van der Waals surface area contributed by atoms with E-state index in [-0.39, 0.29) is 23.8 Å². The van der Waals surface area contributed by atoms with Gasteiger partial charge in [0.25, 0.3) is 17.7 Å². The Kier molecular flexibility index (Phi) is 5.94. The molecular formula is C20H16ClN3O5. The van der Waals surface area contributed by atoms with Crippen molar-refractivity contribution >= 4 is 47.1 Å². The standard InChI is InChI=1S/C20H16ClN3O5/c1-11-3-2-4-14(7-11)22-17(25)10-29-16-6-5-13(21)8-12(16)9-15-18(26)23-20(28)24-19(15)27/h2-9H,10H2,1H3,(H,22,25)(H2,23,24,26,27,28). The van der Waals surface area contributed by atoms with Crippen LogP contribution in [-0.4, -0.2) is 30.4 Å². The maximum atomic E-state index is 12.2. The Labute approximate surface area is 170 Å². The molecule has 0 aliphatic carbocycles. The smallest absolute Gasteiger partial charge is 0.328 e. The summed E-state index contributed by atoms with van der Waals surface area (Å²) in [7, 11) is 0. The van der Waals surface area contributed by atoms with Crippen molar-refractivity contribution in [2.24, 2.45) is 0 Å². The summed E-state index contributed by atoms with van der Waals surface area (Å²) in [5.41, 5.74) is 1.64. The van der Waals surface area contributed by atoms with Crippen LogP contribution < -0.4 is 20.7 Å². The number of aryl methyl sites for hydroxylation is 1. The summed E-state index contributed by atoms with van der Waals surface area (Å²) < 4.78 is 5.54. The quantitative estimate of drug-likeness (QED) is 0.514. The summed E-state index contributed by atoms with van der Waals surface area (Å²) in [6.45, 7) is 1.60. The topological polar surface area (TPSA) is 114 Å². The number of urea groups is 1. The third-order valence-electron chi connectivity index (χ3n) is 3.88. The number of nitrogens with one attached hydrogen (secondary N) is 3. The fourth-order valence-electron chi connectivity index (χ4n) is 2.59. The van der Waals surface area contributed by atoms with Crippen LogP contribution >= 0.6 is 11.6 Å².